The summed E-state index contributed by atoms with van der Waals surface area (Å²) in [6.07, 6.45) is 0. The fourth-order valence-corrected chi connectivity index (χ4v) is 4.50. The van der Waals surface area contributed by atoms with Crippen molar-refractivity contribution in [3.05, 3.63) is 41.9 Å². The summed E-state index contributed by atoms with van der Waals surface area (Å²) >= 11 is 19.0. The van der Waals surface area contributed by atoms with Gasteiger partial charge in [0.2, 0.25) is 0 Å². The van der Waals surface area contributed by atoms with Gasteiger partial charge in [0, 0.05) is 19.5 Å². The van der Waals surface area contributed by atoms with E-state index in [4.69, 9.17) is 11.6 Å². The summed E-state index contributed by atoms with van der Waals surface area (Å²) in [6.45, 7) is 0. The van der Waals surface area contributed by atoms with Crippen LogP contribution in [0.1, 0.15) is 10.5 Å². The molecular weight excluding hydrogens is 519 g/mol. The average molecular weight is 522 g/mol. The highest BCUT2D eigenvalue weighted by atomic mass is 79.9. The predicted octanol–water partition coefficient (Wildman–Crippen LogP) is 5.30. The van der Waals surface area contributed by atoms with Gasteiger partial charge in [-0.3, -0.25) is 4.79 Å². The van der Waals surface area contributed by atoms with E-state index < -0.39 is 5.24 Å². The Hall–Kier alpha value is 0.310. The second-order valence-corrected chi connectivity index (χ2v) is 7.04. The quantitative estimate of drug-likeness (QED) is 0.502. The number of carbonyl (C=O) groups excluding carboxylic acids is 1. The summed E-state index contributed by atoms with van der Waals surface area (Å²) in [5, 5.41) is 3.63. The van der Waals surface area contributed by atoms with Gasteiger partial charge in [0.15, 0.2) is 0 Å². The van der Waals surface area contributed by atoms with Crippen molar-refractivity contribution in [2.75, 3.05) is 0 Å². The van der Waals surface area contributed by atoms with E-state index in [9.17, 15) is 4.79 Å². The molecule has 0 atom stereocenters. The van der Waals surface area contributed by atoms with Gasteiger partial charge >= 0.3 is 0 Å². The maximum Gasteiger partial charge on any atom is 0.271 e. The lowest BCUT2D eigenvalue weighted by Gasteiger charge is -2.10. The van der Waals surface area contributed by atoms with Gasteiger partial charge in [-0.05, 0) is 71.5 Å². The maximum absolute atomic E-state index is 11.4. The largest absolute Gasteiger partial charge is 0.274 e. The second kappa shape index (κ2) is 5.75. The fraction of sp³-hybridized carbons (Fsp3) is 0. The molecule has 1 aromatic carbocycles. The van der Waals surface area contributed by atoms with Crippen LogP contribution in [0, 0.1) is 0 Å². The predicted molar refractivity (Wildman–Crippen MR) is 84.5 cm³/mol. The maximum atomic E-state index is 11.4. The minimum Gasteiger partial charge on any atom is -0.274 e. The molecule has 0 aliphatic rings. The van der Waals surface area contributed by atoms with Crippen molar-refractivity contribution in [1.82, 2.24) is 9.78 Å². The molecule has 2 aromatic rings. The van der Waals surface area contributed by atoms with Gasteiger partial charge in [-0.25, -0.2) is 4.68 Å². The lowest BCUT2D eigenvalue weighted by atomic mass is 10.3. The first-order valence-corrected chi connectivity index (χ1v) is 8.05. The molecule has 0 fully saturated rings. The summed E-state index contributed by atoms with van der Waals surface area (Å²) in [6, 6.07) is 5.28. The SMILES string of the molecule is O=C(Cl)c1cc(Br)nn1-c1c(Br)cc(Br)cc1Br. The van der Waals surface area contributed by atoms with Crippen molar-refractivity contribution >= 4 is 80.6 Å². The van der Waals surface area contributed by atoms with E-state index in [0.717, 1.165) is 13.4 Å². The molecule has 3 nitrogen and oxygen atoms in total. The smallest absolute Gasteiger partial charge is 0.271 e. The molecule has 2 rings (SSSR count). The highest BCUT2D eigenvalue weighted by Gasteiger charge is 2.18. The van der Waals surface area contributed by atoms with Crippen LogP contribution in [-0.2, 0) is 0 Å². The summed E-state index contributed by atoms with van der Waals surface area (Å²) in [5.74, 6) is 0. The molecule has 0 N–H and O–H groups in total. The van der Waals surface area contributed by atoms with Gasteiger partial charge in [0.1, 0.15) is 10.3 Å². The zero-order valence-corrected chi connectivity index (χ0v) is 15.5. The zero-order valence-electron chi connectivity index (χ0n) is 8.42. The molecule has 0 saturated heterocycles. The molecule has 0 amide bonds. The molecule has 1 heterocycles. The molecule has 94 valence electrons. The van der Waals surface area contributed by atoms with E-state index >= 15 is 0 Å². The number of rotatable bonds is 2. The number of carbonyl (C=O) groups is 1. The lowest BCUT2D eigenvalue weighted by molar-refractivity contribution is 0.107. The highest BCUT2D eigenvalue weighted by molar-refractivity contribution is 9.11. The Labute approximate surface area is 141 Å². The van der Waals surface area contributed by atoms with Crippen molar-refractivity contribution in [2.45, 2.75) is 0 Å². The molecule has 0 saturated carbocycles. The van der Waals surface area contributed by atoms with Gasteiger partial charge in [-0.15, -0.1) is 0 Å². The van der Waals surface area contributed by atoms with Crippen LogP contribution in [0.25, 0.3) is 5.69 Å². The molecule has 0 aliphatic carbocycles. The Bertz CT molecular complexity index is 618. The zero-order chi connectivity index (χ0) is 13.4. The summed E-state index contributed by atoms with van der Waals surface area (Å²) < 4.78 is 4.46. The number of hydrogen-bond acceptors (Lipinski definition) is 2. The summed E-state index contributed by atoms with van der Waals surface area (Å²) in [5.41, 5.74) is 0.986. The van der Waals surface area contributed by atoms with Crippen molar-refractivity contribution in [2.24, 2.45) is 0 Å². The van der Waals surface area contributed by atoms with Crippen molar-refractivity contribution in [1.29, 1.82) is 0 Å². The van der Waals surface area contributed by atoms with E-state index in [-0.39, 0.29) is 5.69 Å². The van der Waals surface area contributed by atoms with Crippen molar-refractivity contribution < 1.29 is 4.79 Å². The lowest BCUT2D eigenvalue weighted by Crippen LogP contribution is -2.06. The second-order valence-electron chi connectivity index (χ2n) is 3.26. The van der Waals surface area contributed by atoms with Gasteiger partial charge < -0.3 is 0 Å². The number of aromatic nitrogens is 2. The Kier molecular flexibility index (Phi) is 4.70. The van der Waals surface area contributed by atoms with Gasteiger partial charge in [-0.1, -0.05) is 15.9 Å². The third-order valence-corrected chi connectivity index (χ3v) is 4.32. The Morgan fingerprint density at radius 3 is 2.17 bits per heavy atom. The molecule has 8 heteroatoms. The molecule has 0 radical (unpaired) electrons. The first-order chi connectivity index (χ1) is 8.40. The van der Waals surface area contributed by atoms with Crippen LogP contribution in [0.4, 0.5) is 0 Å². The summed E-state index contributed by atoms with van der Waals surface area (Å²) in [7, 11) is 0. The Morgan fingerprint density at radius 1 is 1.11 bits per heavy atom. The fourth-order valence-electron chi connectivity index (χ4n) is 1.40. The standard InChI is InChI=1S/C10H3Br4ClN2O/c11-4-1-5(12)9(6(13)2-4)17-7(10(15)18)3-8(14)16-17/h1-3H. The molecule has 0 aliphatic heterocycles. The minimum atomic E-state index is -0.574. The first kappa shape index (κ1) is 14.7. The number of hydrogen-bond donors (Lipinski definition) is 0. The molecule has 0 unspecified atom stereocenters. The number of nitrogens with zero attached hydrogens (tertiary/aromatic N) is 2. The van der Waals surface area contributed by atoms with Crippen LogP contribution in [0.15, 0.2) is 36.2 Å². The van der Waals surface area contributed by atoms with Crippen LogP contribution >= 0.6 is 75.3 Å². The minimum absolute atomic E-state index is 0.285. The summed E-state index contributed by atoms with van der Waals surface area (Å²) in [4.78, 5) is 11.4. The van der Waals surface area contributed by atoms with E-state index in [2.05, 4.69) is 68.8 Å². The average Bonchev–Trinajstić information content (AvgIpc) is 2.58. The van der Waals surface area contributed by atoms with Gasteiger partial charge in [0.05, 0.1) is 5.69 Å². The van der Waals surface area contributed by atoms with E-state index in [1.54, 1.807) is 6.07 Å². The molecule has 18 heavy (non-hydrogen) atoms. The van der Waals surface area contributed by atoms with Crippen LogP contribution < -0.4 is 0 Å². The number of benzene rings is 1. The van der Waals surface area contributed by atoms with E-state index in [1.807, 2.05) is 12.1 Å². The topological polar surface area (TPSA) is 34.9 Å². The van der Waals surface area contributed by atoms with E-state index in [1.165, 1.54) is 4.68 Å². The first-order valence-electron chi connectivity index (χ1n) is 4.50. The van der Waals surface area contributed by atoms with Crippen molar-refractivity contribution in [3.8, 4) is 5.69 Å². The molecular formula is C10H3Br4ClN2O. The van der Waals surface area contributed by atoms with Crippen molar-refractivity contribution in [3.63, 3.8) is 0 Å². The van der Waals surface area contributed by atoms with Crippen LogP contribution in [0.2, 0.25) is 0 Å². The Morgan fingerprint density at radius 2 is 1.67 bits per heavy atom. The van der Waals surface area contributed by atoms with Gasteiger partial charge in [-0.2, -0.15) is 5.10 Å². The van der Waals surface area contributed by atoms with Crippen LogP contribution in [0.5, 0.6) is 0 Å². The molecule has 0 spiro atoms. The highest BCUT2D eigenvalue weighted by Crippen LogP contribution is 2.34. The monoisotopic (exact) mass is 518 g/mol. The molecule has 1 aromatic heterocycles. The molecule has 0 bridgehead atoms. The number of halogens is 5. The third-order valence-electron chi connectivity index (χ3n) is 2.07. The van der Waals surface area contributed by atoms with E-state index in [0.29, 0.717) is 10.3 Å². The third kappa shape index (κ3) is 2.90. The van der Waals surface area contributed by atoms with Crippen LogP contribution in [0.3, 0.4) is 0 Å². The van der Waals surface area contributed by atoms with Crippen LogP contribution in [-0.4, -0.2) is 15.0 Å². The normalized spacial score (nSPS) is 10.7. The Balaban J connectivity index is 2.73. The van der Waals surface area contributed by atoms with Gasteiger partial charge in [0.25, 0.3) is 5.24 Å².